The molecule has 2 fully saturated rings. The lowest BCUT2D eigenvalue weighted by atomic mass is 10.1. The molecule has 1 aromatic carbocycles. The Balaban J connectivity index is 1.72. The number of aromatic nitrogens is 2. The predicted molar refractivity (Wildman–Crippen MR) is 85.6 cm³/mol. The van der Waals surface area contributed by atoms with E-state index in [1.165, 1.54) is 0 Å². The van der Waals surface area contributed by atoms with Gasteiger partial charge in [0.1, 0.15) is 12.1 Å². The molecule has 0 bridgehead atoms. The van der Waals surface area contributed by atoms with Crippen molar-refractivity contribution in [2.24, 2.45) is 0 Å². The van der Waals surface area contributed by atoms with Crippen LogP contribution in [0.25, 0.3) is 10.9 Å². The highest BCUT2D eigenvalue weighted by atomic mass is 79.9. The number of hydrogen-bond donors (Lipinski definition) is 0. The summed E-state index contributed by atoms with van der Waals surface area (Å²) < 4.78 is 6.98. The van der Waals surface area contributed by atoms with E-state index in [-0.39, 0.29) is 6.10 Å². The Bertz CT molecular complexity index is 680. The molecule has 5 nitrogen and oxygen atoms in total. The van der Waals surface area contributed by atoms with E-state index in [1.54, 1.807) is 6.33 Å². The van der Waals surface area contributed by atoms with Gasteiger partial charge in [0.15, 0.2) is 0 Å². The topological polar surface area (TPSA) is 41.5 Å². The molecule has 2 unspecified atom stereocenters. The Morgan fingerprint density at radius 1 is 1.29 bits per heavy atom. The van der Waals surface area contributed by atoms with Crippen LogP contribution < -0.4 is 4.90 Å². The van der Waals surface area contributed by atoms with Gasteiger partial charge in [0, 0.05) is 29.5 Å². The van der Waals surface area contributed by atoms with Gasteiger partial charge in [-0.3, -0.25) is 4.90 Å². The van der Waals surface area contributed by atoms with Crippen LogP contribution in [-0.4, -0.2) is 60.3 Å². The maximum Gasteiger partial charge on any atom is 0.140 e. The molecular formula is C15H17BrN4O. The number of ether oxygens (including phenoxy) is 1. The largest absolute Gasteiger partial charge is 0.373 e. The number of benzene rings is 1. The van der Waals surface area contributed by atoms with Crippen molar-refractivity contribution in [3.8, 4) is 0 Å². The summed E-state index contributed by atoms with van der Waals surface area (Å²) in [6, 6.07) is 6.59. The van der Waals surface area contributed by atoms with Crippen LogP contribution in [0.2, 0.25) is 0 Å². The van der Waals surface area contributed by atoms with Crippen molar-refractivity contribution in [2.45, 2.75) is 12.1 Å². The molecule has 2 saturated heterocycles. The molecule has 0 N–H and O–H groups in total. The van der Waals surface area contributed by atoms with Crippen molar-refractivity contribution in [3.63, 3.8) is 0 Å². The van der Waals surface area contributed by atoms with Gasteiger partial charge in [-0.15, -0.1) is 0 Å². The molecule has 110 valence electrons. The summed E-state index contributed by atoms with van der Waals surface area (Å²) in [4.78, 5) is 13.6. The molecule has 1 aromatic heterocycles. The minimum Gasteiger partial charge on any atom is -0.373 e. The molecule has 3 heterocycles. The molecule has 0 spiro atoms. The summed E-state index contributed by atoms with van der Waals surface area (Å²) in [5.74, 6) is 1.01. The van der Waals surface area contributed by atoms with E-state index in [2.05, 4.69) is 48.8 Å². The Morgan fingerprint density at radius 3 is 3.05 bits per heavy atom. The Labute approximate surface area is 132 Å². The van der Waals surface area contributed by atoms with E-state index >= 15 is 0 Å². The smallest absolute Gasteiger partial charge is 0.140 e. The van der Waals surface area contributed by atoms with E-state index in [0.717, 1.165) is 47.4 Å². The van der Waals surface area contributed by atoms with E-state index in [9.17, 15) is 0 Å². The first-order valence-electron chi connectivity index (χ1n) is 7.19. The summed E-state index contributed by atoms with van der Waals surface area (Å²) in [6.45, 7) is 3.68. The molecule has 2 atom stereocenters. The Morgan fingerprint density at radius 2 is 2.19 bits per heavy atom. The number of rotatable bonds is 1. The van der Waals surface area contributed by atoms with E-state index in [4.69, 9.17) is 4.74 Å². The van der Waals surface area contributed by atoms with E-state index < -0.39 is 0 Å². The fourth-order valence-corrected chi connectivity index (χ4v) is 3.66. The minimum atomic E-state index is 0.279. The van der Waals surface area contributed by atoms with Gasteiger partial charge in [-0.2, -0.15) is 0 Å². The third-order valence-electron chi connectivity index (χ3n) is 4.45. The number of likely N-dealkylation sites (N-methyl/N-ethyl adjacent to an activating group) is 1. The van der Waals surface area contributed by atoms with Crippen LogP contribution in [-0.2, 0) is 4.74 Å². The van der Waals surface area contributed by atoms with Crippen LogP contribution >= 0.6 is 15.9 Å². The van der Waals surface area contributed by atoms with E-state index in [1.807, 2.05) is 12.1 Å². The number of nitrogens with zero attached hydrogens (tertiary/aromatic N) is 4. The van der Waals surface area contributed by atoms with Crippen LogP contribution in [0.1, 0.15) is 0 Å². The first-order chi connectivity index (χ1) is 10.2. The zero-order valence-electron chi connectivity index (χ0n) is 11.9. The first kappa shape index (κ1) is 13.4. The highest BCUT2D eigenvalue weighted by Crippen LogP contribution is 2.31. The van der Waals surface area contributed by atoms with Gasteiger partial charge in [-0.05, 0) is 25.2 Å². The van der Waals surface area contributed by atoms with Gasteiger partial charge in [0.05, 0.1) is 24.3 Å². The third kappa shape index (κ3) is 2.31. The summed E-state index contributed by atoms with van der Waals surface area (Å²) in [5, 5.41) is 1.09. The monoisotopic (exact) mass is 348 g/mol. The van der Waals surface area contributed by atoms with Crippen molar-refractivity contribution < 1.29 is 4.74 Å². The zero-order valence-corrected chi connectivity index (χ0v) is 13.5. The number of fused-ring (bicyclic) bond motifs is 2. The zero-order chi connectivity index (χ0) is 14.4. The summed E-state index contributed by atoms with van der Waals surface area (Å²) in [7, 11) is 2.18. The summed E-state index contributed by atoms with van der Waals surface area (Å²) >= 11 is 3.54. The first-order valence-corrected chi connectivity index (χ1v) is 7.99. The van der Waals surface area contributed by atoms with Crippen molar-refractivity contribution in [1.29, 1.82) is 0 Å². The number of anilines is 1. The summed E-state index contributed by atoms with van der Waals surface area (Å²) in [5.41, 5.74) is 0.979. The van der Waals surface area contributed by atoms with Gasteiger partial charge in [0.2, 0.25) is 0 Å². The van der Waals surface area contributed by atoms with Crippen molar-refractivity contribution in [1.82, 2.24) is 14.9 Å². The number of hydrogen-bond acceptors (Lipinski definition) is 5. The standard InChI is InChI=1S/C15H17BrN4O/c1-19-4-5-21-14-8-20(7-13(14)19)15-11-6-10(16)2-3-12(11)17-9-18-15/h2-3,6,9,13-14H,4-5,7-8H2,1H3. The van der Waals surface area contributed by atoms with Crippen LogP contribution in [0.4, 0.5) is 5.82 Å². The highest BCUT2D eigenvalue weighted by Gasteiger charge is 2.39. The number of morpholine rings is 1. The third-order valence-corrected chi connectivity index (χ3v) is 4.95. The normalized spacial score (nSPS) is 26.3. The van der Waals surface area contributed by atoms with Crippen molar-refractivity contribution in [3.05, 3.63) is 29.0 Å². The van der Waals surface area contributed by atoms with Crippen LogP contribution in [0, 0.1) is 0 Å². The predicted octanol–water partition coefficient (Wildman–Crippen LogP) is 1.91. The van der Waals surface area contributed by atoms with Crippen LogP contribution in [0.3, 0.4) is 0 Å². The van der Waals surface area contributed by atoms with Gasteiger partial charge in [0.25, 0.3) is 0 Å². The van der Waals surface area contributed by atoms with Gasteiger partial charge >= 0.3 is 0 Å². The quantitative estimate of drug-likeness (QED) is 0.787. The molecule has 2 aliphatic rings. The fourth-order valence-electron chi connectivity index (χ4n) is 3.30. The fraction of sp³-hybridized carbons (Fsp3) is 0.467. The average molecular weight is 349 g/mol. The van der Waals surface area contributed by atoms with Crippen molar-refractivity contribution in [2.75, 3.05) is 38.2 Å². The Hall–Kier alpha value is -1.24. The molecule has 2 aliphatic heterocycles. The molecule has 0 aliphatic carbocycles. The lowest BCUT2D eigenvalue weighted by molar-refractivity contribution is -0.0362. The summed E-state index contributed by atoms with van der Waals surface area (Å²) in [6.07, 6.45) is 1.93. The van der Waals surface area contributed by atoms with Gasteiger partial charge in [-0.1, -0.05) is 15.9 Å². The Kier molecular flexibility index (Phi) is 3.32. The maximum atomic E-state index is 5.92. The lowest BCUT2D eigenvalue weighted by Gasteiger charge is -2.33. The van der Waals surface area contributed by atoms with Crippen LogP contribution in [0.15, 0.2) is 29.0 Å². The second-order valence-corrected chi connectivity index (χ2v) is 6.64. The van der Waals surface area contributed by atoms with Gasteiger partial charge in [-0.25, -0.2) is 9.97 Å². The average Bonchev–Trinajstić information content (AvgIpc) is 2.92. The highest BCUT2D eigenvalue weighted by molar-refractivity contribution is 9.10. The molecule has 6 heteroatoms. The van der Waals surface area contributed by atoms with Crippen molar-refractivity contribution >= 4 is 32.7 Å². The SMILES string of the molecule is CN1CCOC2CN(c3ncnc4ccc(Br)cc34)CC21. The van der Waals surface area contributed by atoms with E-state index in [0.29, 0.717) is 6.04 Å². The molecule has 0 amide bonds. The second kappa shape index (κ2) is 5.19. The molecule has 2 aromatic rings. The molecular weight excluding hydrogens is 332 g/mol. The molecule has 0 radical (unpaired) electrons. The molecule has 21 heavy (non-hydrogen) atoms. The number of halogens is 1. The minimum absolute atomic E-state index is 0.279. The molecule has 4 rings (SSSR count). The lowest BCUT2D eigenvalue weighted by Crippen LogP contribution is -2.48. The second-order valence-electron chi connectivity index (χ2n) is 5.72. The molecule has 0 saturated carbocycles. The van der Waals surface area contributed by atoms with Crippen LogP contribution in [0.5, 0.6) is 0 Å². The maximum absolute atomic E-state index is 5.92. The van der Waals surface area contributed by atoms with Gasteiger partial charge < -0.3 is 9.64 Å².